The first-order valence-corrected chi connectivity index (χ1v) is 6.49. The second kappa shape index (κ2) is 12.3. The lowest BCUT2D eigenvalue weighted by atomic mass is 10.1. The van der Waals surface area contributed by atoms with Crippen LogP contribution >= 0.6 is 0 Å². The summed E-state index contributed by atoms with van der Waals surface area (Å²) in [6.07, 6.45) is 14.2. The molecule has 0 saturated carbocycles. The first-order chi connectivity index (χ1) is 7.77. The van der Waals surface area contributed by atoms with Crippen LogP contribution in [0, 0.1) is 0 Å². The summed E-state index contributed by atoms with van der Waals surface area (Å²) in [7, 11) is 3.95. The van der Waals surface area contributed by atoms with Crippen LogP contribution in [0.15, 0.2) is 12.7 Å². The monoisotopic (exact) mass is 226 g/mol. The third-order valence-corrected chi connectivity index (χ3v) is 2.46. The van der Waals surface area contributed by atoms with Crippen molar-refractivity contribution in [1.29, 1.82) is 0 Å². The second-order valence-corrected chi connectivity index (χ2v) is 4.49. The van der Waals surface area contributed by atoms with Crippen LogP contribution in [0.25, 0.3) is 0 Å². The number of rotatable bonds is 11. The average Bonchev–Trinajstić information content (AvgIpc) is 2.25. The van der Waals surface area contributed by atoms with E-state index in [-0.39, 0.29) is 0 Å². The van der Waals surface area contributed by atoms with Crippen molar-refractivity contribution >= 4 is 6.40 Å². The molecule has 0 fully saturated rings. The third kappa shape index (κ3) is 13.2. The number of hydrogen-bond acceptors (Lipinski definition) is 1. The fourth-order valence-corrected chi connectivity index (χ4v) is 1.56. The van der Waals surface area contributed by atoms with Gasteiger partial charge in [-0.05, 0) is 19.3 Å². The molecule has 0 heterocycles. The van der Waals surface area contributed by atoms with Crippen molar-refractivity contribution in [3.63, 3.8) is 0 Å². The molecule has 0 atom stereocenters. The molecule has 0 unspecified atom stereocenters. The predicted molar refractivity (Wildman–Crippen MR) is 71.3 cm³/mol. The third-order valence-electron chi connectivity index (χ3n) is 2.46. The maximum atomic E-state index is 5.34. The highest BCUT2D eigenvalue weighted by atomic mass is 16.5. The van der Waals surface area contributed by atoms with Crippen LogP contribution in [0.5, 0.6) is 0 Å². The molecule has 0 aromatic heterocycles. The first kappa shape index (κ1) is 15.2. The molecule has 0 bridgehead atoms. The van der Waals surface area contributed by atoms with Gasteiger partial charge in [0.05, 0.1) is 6.61 Å². The Morgan fingerprint density at radius 1 is 0.938 bits per heavy atom. The van der Waals surface area contributed by atoms with Crippen molar-refractivity contribution in [2.75, 3.05) is 20.7 Å². The predicted octanol–water partition coefficient (Wildman–Crippen LogP) is 3.61. The summed E-state index contributed by atoms with van der Waals surface area (Å²) in [6.45, 7) is 4.58. The Morgan fingerprint density at radius 3 is 2.06 bits per heavy atom. The number of ether oxygens (including phenoxy) is 1. The normalized spacial score (nSPS) is 9.88. The molecule has 0 rings (SSSR count). The van der Waals surface area contributed by atoms with Crippen molar-refractivity contribution < 1.29 is 9.31 Å². The first-order valence-electron chi connectivity index (χ1n) is 6.49. The standard InChI is InChI=1S/C14H28NO/c1-4-5-6-7-8-9-10-11-12-13-16-14-15(2)3/h4,14H,1,5-13H2,2-3H3/q+1. The highest BCUT2D eigenvalue weighted by Gasteiger charge is 1.92. The molecule has 2 nitrogen and oxygen atoms in total. The molecule has 0 aromatic rings. The summed E-state index contributed by atoms with van der Waals surface area (Å²) in [5.74, 6) is 0. The number of nitrogens with zero attached hydrogens (tertiary/aromatic N) is 1. The average molecular weight is 226 g/mol. The minimum atomic E-state index is 0.856. The Kier molecular flexibility index (Phi) is 11.7. The van der Waals surface area contributed by atoms with Crippen LogP contribution < -0.4 is 0 Å². The SMILES string of the molecule is C=CCCCCCCCCCOC=[N+](C)C. The van der Waals surface area contributed by atoms with Crippen molar-refractivity contribution in [2.45, 2.75) is 51.4 Å². The molecule has 0 spiro atoms. The van der Waals surface area contributed by atoms with Gasteiger partial charge in [0.1, 0.15) is 14.1 Å². The molecule has 16 heavy (non-hydrogen) atoms. The molecular weight excluding hydrogens is 198 g/mol. The molecule has 0 N–H and O–H groups in total. The molecule has 0 saturated heterocycles. The van der Waals surface area contributed by atoms with Gasteiger partial charge >= 0.3 is 6.40 Å². The molecule has 2 heteroatoms. The van der Waals surface area contributed by atoms with Gasteiger partial charge in [-0.2, -0.15) is 0 Å². The smallest absolute Gasteiger partial charge is 0.323 e. The maximum absolute atomic E-state index is 5.34. The van der Waals surface area contributed by atoms with Gasteiger partial charge in [0.15, 0.2) is 0 Å². The van der Waals surface area contributed by atoms with Crippen LogP contribution in [-0.2, 0) is 4.74 Å². The van der Waals surface area contributed by atoms with Gasteiger partial charge in [0.2, 0.25) is 0 Å². The van der Waals surface area contributed by atoms with E-state index in [1.54, 1.807) is 6.40 Å². The van der Waals surface area contributed by atoms with Crippen molar-refractivity contribution in [3.8, 4) is 0 Å². The number of unbranched alkanes of at least 4 members (excludes halogenated alkanes) is 7. The highest BCUT2D eigenvalue weighted by molar-refractivity contribution is 5.38. The van der Waals surface area contributed by atoms with Crippen LogP contribution in [0.3, 0.4) is 0 Å². The molecule has 94 valence electrons. The van der Waals surface area contributed by atoms with E-state index in [2.05, 4.69) is 6.58 Å². The summed E-state index contributed by atoms with van der Waals surface area (Å²) < 4.78 is 7.27. The van der Waals surface area contributed by atoms with Gasteiger partial charge in [-0.1, -0.05) is 38.2 Å². The van der Waals surface area contributed by atoms with Gasteiger partial charge in [-0.15, -0.1) is 6.58 Å². The van der Waals surface area contributed by atoms with Crippen LogP contribution in [0.2, 0.25) is 0 Å². The van der Waals surface area contributed by atoms with Crippen LogP contribution in [0.1, 0.15) is 51.4 Å². The Labute approximate surface area is 101 Å². The topological polar surface area (TPSA) is 12.2 Å². The fourth-order valence-electron chi connectivity index (χ4n) is 1.56. The van der Waals surface area contributed by atoms with Crippen LogP contribution in [0.4, 0.5) is 0 Å². The zero-order chi connectivity index (χ0) is 12.1. The molecule has 0 amide bonds. The lowest BCUT2D eigenvalue weighted by Crippen LogP contribution is -2.03. The highest BCUT2D eigenvalue weighted by Crippen LogP contribution is 2.08. The van der Waals surface area contributed by atoms with Gasteiger partial charge in [-0.25, -0.2) is 4.58 Å². The fraction of sp³-hybridized carbons (Fsp3) is 0.786. The summed E-state index contributed by atoms with van der Waals surface area (Å²) in [6, 6.07) is 0. The summed E-state index contributed by atoms with van der Waals surface area (Å²) in [5, 5.41) is 0. The Hall–Kier alpha value is -0.790. The van der Waals surface area contributed by atoms with E-state index in [0.29, 0.717) is 0 Å². The zero-order valence-electron chi connectivity index (χ0n) is 11.1. The lowest BCUT2D eigenvalue weighted by molar-refractivity contribution is -0.468. The Morgan fingerprint density at radius 2 is 1.50 bits per heavy atom. The van der Waals surface area contributed by atoms with E-state index in [1.165, 1.54) is 51.4 Å². The maximum Gasteiger partial charge on any atom is 0.323 e. The van der Waals surface area contributed by atoms with E-state index in [4.69, 9.17) is 4.74 Å². The van der Waals surface area contributed by atoms with Gasteiger partial charge < -0.3 is 4.74 Å². The van der Waals surface area contributed by atoms with Crippen molar-refractivity contribution in [3.05, 3.63) is 12.7 Å². The van der Waals surface area contributed by atoms with Gasteiger partial charge in [0, 0.05) is 0 Å². The molecule has 0 aromatic carbocycles. The summed E-state index contributed by atoms with van der Waals surface area (Å²) >= 11 is 0. The summed E-state index contributed by atoms with van der Waals surface area (Å²) in [5.41, 5.74) is 0. The van der Waals surface area contributed by atoms with Crippen LogP contribution in [-0.4, -0.2) is 31.7 Å². The Balaban J connectivity index is 2.98. The minimum Gasteiger partial charge on any atom is -0.450 e. The quantitative estimate of drug-likeness (QED) is 0.172. The molecular formula is C14H28NO+. The minimum absolute atomic E-state index is 0.856. The second-order valence-electron chi connectivity index (χ2n) is 4.49. The zero-order valence-corrected chi connectivity index (χ0v) is 11.1. The molecule has 0 aliphatic heterocycles. The number of allylic oxidation sites excluding steroid dienone is 1. The largest absolute Gasteiger partial charge is 0.450 e. The summed E-state index contributed by atoms with van der Waals surface area (Å²) in [4.78, 5) is 0. The molecule has 0 aliphatic carbocycles. The molecule has 0 radical (unpaired) electrons. The van der Waals surface area contributed by atoms with E-state index < -0.39 is 0 Å². The van der Waals surface area contributed by atoms with E-state index >= 15 is 0 Å². The molecule has 0 aliphatic rings. The van der Waals surface area contributed by atoms with E-state index in [9.17, 15) is 0 Å². The van der Waals surface area contributed by atoms with Gasteiger partial charge in [-0.3, -0.25) is 0 Å². The lowest BCUT2D eigenvalue weighted by Gasteiger charge is -2.01. The van der Waals surface area contributed by atoms with Crippen molar-refractivity contribution in [1.82, 2.24) is 0 Å². The number of hydrogen-bond donors (Lipinski definition) is 0. The van der Waals surface area contributed by atoms with Crippen molar-refractivity contribution in [2.24, 2.45) is 0 Å². The Bertz CT molecular complexity index is 183. The van der Waals surface area contributed by atoms with Gasteiger partial charge in [0.25, 0.3) is 0 Å². The van der Waals surface area contributed by atoms with E-state index in [0.717, 1.165) is 6.61 Å². The van der Waals surface area contributed by atoms with E-state index in [1.807, 2.05) is 24.7 Å².